The Morgan fingerprint density at radius 3 is 1.70 bits per heavy atom. The third-order valence-electron chi connectivity index (χ3n) is 13.3. The van der Waals surface area contributed by atoms with Crippen molar-refractivity contribution < 1.29 is 50.4 Å². The van der Waals surface area contributed by atoms with Crippen LogP contribution >= 0.6 is 0 Å². The SMILES string of the molecule is CC(=O)N1CCc2ccccc2[C@@H]1c1ccccc1.O=C(O[C@H]1CN2CCC1CC2)C1CCc2ccccc2[C@@H]1c1ccccc1.O[C@H]1CN2CCC1CC2.[H-].[Na+]. The van der Waals surface area contributed by atoms with E-state index in [1.165, 1.54) is 85.2 Å². The van der Waals surface area contributed by atoms with Gasteiger partial charge in [-0.05, 0) is 116 Å². The summed E-state index contributed by atoms with van der Waals surface area (Å²) < 4.78 is 6.15. The first-order valence-electron chi connectivity index (χ1n) is 20.8. The van der Waals surface area contributed by atoms with Crippen LogP contribution in [-0.4, -0.2) is 89.7 Å². The molecule has 1 aliphatic carbocycles. The van der Waals surface area contributed by atoms with Gasteiger partial charge in [-0.1, -0.05) is 109 Å². The van der Waals surface area contributed by atoms with Crippen molar-refractivity contribution in [2.75, 3.05) is 45.8 Å². The molecule has 6 fully saturated rings. The minimum absolute atomic E-state index is 0. The first-order valence-corrected chi connectivity index (χ1v) is 20.8. The number of hydrogen-bond acceptors (Lipinski definition) is 6. The first-order chi connectivity index (χ1) is 26.9. The van der Waals surface area contributed by atoms with Gasteiger partial charge in [0.25, 0.3) is 0 Å². The van der Waals surface area contributed by atoms with E-state index in [1.807, 2.05) is 29.2 Å². The van der Waals surface area contributed by atoms with Crippen molar-refractivity contribution in [3.05, 3.63) is 143 Å². The van der Waals surface area contributed by atoms with E-state index >= 15 is 0 Å². The Kier molecular flexibility index (Phi) is 13.8. The molecule has 0 spiro atoms. The number of ether oxygens (including phenoxy) is 1. The van der Waals surface area contributed by atoms with Crippen molar-refractivity contribution >= 4 is 11.9 Å². The van der Waals surface area contributed by atoms with Crippen LogP contribution in [0.3, 0.4) is 0 Å². The van der Waals surface area contributed by atoms with Crippen LogP contribution in [0, 0.1) is 17.8 Å². The smallest absolute Gasteiger partial charge is 1.00 e. The number of nitrogens with zero attached hydrogens (tertiary/aromatic N) is 3. The zero-order chi connectivity index (χ0) is 37.7. The number of rotatable bonds is 4. The number of piperidine rings is 6. The summed E-state index contributed by atoms with van der Waals surface area (Å²) in [5.74, 6) is 1.36. The molecule has 4 aromatic rings. The summed E-state index contributed by atoms with van der Waals surface area (Å²) in [5.41, 5.74) is 7.69. The van der Waals surface area contributed by atoms with Crippen LogP contribution in [0.5, 0.6) is 0 Å². The number of carbonyl (C=O) groups is 2. The fourth-order valence-corrected chi connectivity index (χ4v) is 10.2. The van der Waals surface area contributed by atoms with Crippen LogP contribution < -0.4 is 29.6 Å². The molecule has 7 aliphatic heterocycles. The van der Waals surface area contributed by atoms with Crippen molar-refractivity contribution in [2.24, 2.45) is 17.8 Å². The van der Waals surface area contributed by atoms with Gasteiger partial charge in [-0.15, -0.1) is 0 Å². The van der Waals surface area contributed by atoms with E-state index in [1.54, 1.807) is 6.92 Å². The van der Waals surface area contributed by atoms with E-state index in [4.69, 9.17) is 4.74 Å². The van der Waals surface area contributed by atoms with Gasteiger partial charge in [0.1, 0.15) is 6.10 Å². The molecule has 290 valence electrons. The standard InChI is InChI=1S/C24H27NO2.C17H17NO.C7H13NO.Na.H/c26-24(27-22-16-25-14-12-18(22)13-15-25)21-11-10-17-6-4-5-9-20(17)23(21)19-7-2-1-3-8-19;1-13(19)18-12-11-14-7-5-6-10-16(14)17(18)15-8-3-2-4-9-15;9-7-5-8-3-1-6(7)2-4-8;;/h1-9,18,21-23H,10-16H2;2-10,17H,11-12H2,1H3;6-7,9H,1-5H2;;/q;;;+1;-1/t21?,22-,23-;17-;7-;;/m000../s1. The first kappa shape index (κ1) is 40.9. The number of amides is 1. The third-order valence-corrected chi connectivity index (χ3v) is 13.3. The number of esters is 1. The molecule has 8 aliphatic rings. The van der Waals surface area contributed by atoms with Gasteiger partial charge < -0.3 is 21.1 Å². The van der Waals surface area contributed by atoms with Crippen LogP contribution in [0.1, 0.15) is 85.8 Å². The normalized spacial score (nSPS) is 29.5. The van der Waals surface area contributed by atoms with E-state index in [0.29, 0.717) is 11.8 Å². The minimum atomic E-state index is -0.0854. The molecule has 56 heavy (non-hydrogen) atoms. The van der Waals surface area contributed by atoms with Crippen LogP contribution in [-0.2, 0) is 27.2 Å². The average Bonchev–Trinajstić information content (AvgIpc) is 3.24. The molecule has 1 amide bonds. The molecule has 0 saturated carbocycles. The minimum Gasteiger partial charge on any atom is -1.00 e. The Morgan fingerprint density at radius 2 is 1.16 bits per heavy atom. The van der Waals surface area contributed by atoms with E-state index < -0.39 is 0 Å². The number of carbonyl (C=O) groups excluding carboxylic acids is 2. The molecule has 7 heterocycles. The second kappa shape index (κ2) is 19.0. The van der Waals surface area contributed by atoms with Crippen LogP contribution in [0.2, 0.25) is 0 Å². The van der Waals surface area contributed by atoms with E-state index in [-0.39, 0.29) is 72.9 Å². The van der Waals surface area contributed by atoms with Crippen LogP contribution in [0.15, 0.2) is 109 Å². The number of aliphatic hydroxyl groups is 1. The second-order valence-corrected chi connectivity index (χ2v) is 16.5. The Morgan fingerprint density at radius 1 is 0.625 bits per heavy atom. The molecule has 1 N–H and O–H groups in total. The van der Waals surface area contributed by atoms with Crippen molar-refractivity contribution in [2.45, 2.75) is 76.0 Å². The summed E-state index contributed by atoms with van der Waals surface area (Å²) in [6.45, 7) is 9.10. The van der Waals surface area contributed by atoms with E-state index in [2.05, 4.69) is 94.7 Å². The predicted molar refractivity (Wildman–Crippen MR) is 218 cm³/mol. The molecule has 0 radical (unpaired) electrons. The summed E-state index contributed by atoms with van der Waals surface area (Å²) in [7, 11) is 0. The van der Waals surface area contributed by atoms with Gasteiger partial charge in [0.2, 0.25) is 5.91 Å². The zero-order valence-electron chi connectivity index (χ0n) is 34.3. The van der Waals surface area contributed by atoms with Crippen molar-refractivity contribution in [1.82, 2.24) is 14.7 Å². The van der Waals surface area contributed by atoms with Crippen LogP contribution in [0.4, 0.5) is 0 Å². The van der Waals surface area contributed by atoms with Gasteiger partial charge in [0.05, 0.1) is 18.1 Å². The molecule has 1 unspecified atom stereocenters. The molecular weight excluding hydrogens is 706 g/mol. The van der Waals surface area contributed by atoms with Crippen molar-refractivity contribution in [3.63, 3.8) is 0 Å². The molecule has 4 bridgehead atoms. The predicted octanol–water partition coefficient (Wildman–Crippen LogP) is 4.39. The largest absolute Gasteiger partial charge is 1.00 e. The molecular formula is C48H58N3NaO4. The fraction of sp³-hybridized carbons (Fsp3) is 0.458. The van der Waals surface area contributed by atoms with Gasteiger partial charge in [-0.25, -0.2) is 0 Å². The molecule has 5 atom stereocenters. The Bertz CT molecular complexity index is 1900. The third kappa shape index (κ3) is 9.20. The maximum atomic E-state index is 13.3. The van der Waals surface area contributed by atoms with Gasteiger partial charge in [0, 0.05) is 32.5 Å². The van der Waals surface area contributed by atoms with Gasteiger partial charge >= 0.3 is 35.5 Å². The Balaban J connectivity index is 0.000000159. The topological polar surface area (TPSA) is 73.3 Å². The summed E-state index contributed by atoms with van der Waals surface area (Å²) in [5, 5.41) is 9.36. The fourth-order valence-electron chi connectivity index (χ4n) is 10.2. The van der Waals surface area contributed by atoms with Crippen molar-refractivity contribution in [1.29, 1.82) is 0 Å². The molecule has 8 heteroatoms. The summed E-state index contributed by atoms with van der Waals surface area (Å²) in [6, 6.07) is 37.9. The molecule has 7 nitrogen and oxygen atoms in total. The van der Waals surface area contributed by atoms with Gasteiger partial charge in [-0.2, -0.15) is 0 Å². The Labute approximate surface area is 357 Å². The number of aliphatic hydroxyl groups excluding tert-OH is 1. The zero-order valence-corrected chi connectivity index (χ0v) is 35.3. The monoisotopic (exact) mass is 763 g/mol. The number of benzene rings is 4. The molecule has 0 aromatic heterocycles. The Hall–Kier alpha value is -3.30. The number of aryl methyl sites for hydroxylation is 1. The van der Waals surface area contributed by atoms with Gasteiger partial charge in [-0.3, -0.25) is 14.5 Å². The summed E-state index contributed by atoms with van der Waals surface area (Å²) in [4.78, 5) is 32.0. The van der Waals surface area contributed by atoms with Gasteiger partial charge in [0.15, 0.2) is 0 Å². The molecule has 12 rings (SSSR count). The molecule has 6 saturated heterocycles. The number of hydrogen-bond donors (Lipinski definition) is 1. The number of fused-ring (bicyclic) bond motifs is 8. The summed E-state index contributed by atoms with van der Waals surface area (Å²) in [6.07, 6.45) is 7.65. The van der Waals surface area contributed by atoms with Crippen molar-refractivity contribution in [3.8, 4) is 0 Å². The van der Waals surface area contributed by atoms with Crippen LogP contribution in [0.25, 0.3) is 0 Å². The summed E-state index contributed by atoms with van der Waals surface area (Å²) >= 11 is 0. The maximum absolute atomic E-state index is 13.3. The maximum Gasteiger partial charge on any atom is 1.00 e. The second-order valence-electron chi connectivity index (χ2n) is 16.5. The van der Waals surface area contributed by atoms with E-state index in [0.717, 1.165) is 38.9 Å². The molecule has 4 aromatic carbocycles. The van der Waals surface area contributed by atoms with E-state index in [9.17, 15) is 14.7 Å². The quantitative estimate of drug-likeness (QED) is 0.246. The average molecular weight is 764 g/mol.